The number of hydrogen-bond acceptors (Lipinski definition) is 5. The summed E-state index contributed by atoms with van der Waals surface area (Å²) in [6.45, 7) is 1.88. The van der Waals surface area contributed by atoms with Gasteiger partial charge in [-0.3, -0.25) is 9.79 Å². The van der Waals surface area contributed by atoms with Crippen molar-refractivity contribution in [3.8, 4) is 0 Å². The van der Waals surface area contributed by atoms with Crippen LogP contribution in [0.4, 0.5) is 10.1 Å². The van der Waals surface area contributed by atoms with E-state index >= 15 is 0 Å². The third-order valence-corrected chi connectivity index (χ3v) is 5.94. The van der Waals surface area contributed by atoms with Crippen LogP contribution in [0.5, 0.6) is 0 Å². The summed E-state index contributed by atoms with van der Waals surface area (Å²) < 4.78 is 14.4. The van der Waals surface area contributed by atoms with Gasteiger partial charge in [0.25, 0.3) is 0 Å². The van der Waals surface area contributed by atoms with Gasteiger partial charge in [-0.15, -0.1) is 11.3 Å². The number of aryl methyl sites for hydroxylation is 1. The molecule has 0 saturated heterocycles. The van der Waals surface area contributed by atoms with Gasteiger partial charge in [-0.1, -0.05) is 17.8 Å². The predicted molar refractivity (Wildman–Crippen MR) is 104 cm³/mol. The van der Waals surface area contributed by atoms with Gasteiger partial charge in [0.05, 0.1) is 5.54 Å². The molecule has 2 heterocycles. The number of nitrogens with zero attached hydrogens (tertiary/aromatic N) is 1. The first kappa shape index (κ1) is 17.9. The third-order valence-electron chi connectivity index (χ3n) is 4.20. The number of thiophene rings is 1. The molecule has 3 N–H and O–H groups in total. The van der Waals surface area contributed by atoms with Gasteiger partial charge in [-0.05, 0) is 49.4 Å². The van der Waals surface area contributed by atoms with Gasteiger partial charge in [0.15, 0.2) is 5.17 Å². The van der Waals surface area contributed by atoms with Gasteiger partial charge in [-0.2, -0.15) is 0 Å². The van der Waals surface area contributed by atoms with Gasteiger partial charge < -0.3 is 11.1 Å². The molecule has 0 bridgehead atoms. The van der Waals surface area contributed by atoms with Gasteiger partial charge in [0, 0.05) is 28.3 Å². The molecule has 0 spiro atoms. The average molecular weight is 378 g/mol. The van der Waals surface area contributed by atoms with E-state index in [2.05, 4.69) is 10.3 Å². The van der Waals surface area contributed by atoms with Crippen molar-refractivity contribution in [1.82, 2.24) is 0 Å². The molecule has 0 saturated carbocycles. The number of anilines is 1. The largest absolute Gasteiger partial charge is 0.379 e. The average Bonchev–Trinajstić information content (AvgIpc) is 3.08. The summed E-state index contributed by atoms with van der Waals surface area (Å²) in [6, 6.07) is 8.61. The summed E-state index contributed by atoms with van der Waals surface area (Å²) in [4.78, 5) is 17.8. The van der Waals surface area contributed by atoms with Crippen molar-refractivity contribution in [2.75, 3.05) is 11.1 Å². The molecule has 4 nitrogen and oxygen atoms in total. The maximum atomic E-state index is 14.4. The summed E-state index contributed by atoms with van der Waals surface area (Å²) in [5, 5.41) is 5.32. The molecule has 132 valence electrons. The lowest BCUT2D eigenvalue weighted by Crippen LogP contribution is -2.29. The van der Waals surface area contributed by atoms with E-state index in [0.717, 1.165) is 5.75 Å². The molecule has 1 aromatic carbocycles. The first-order chi connectivity index (χ1) is 12.0. The molecule has 1 aliphatic rings. The Bertz CT molecular complexity index is 792. The van der Waals surface area contributed by atoms with Crippen molar-refractivity contribution in [3.05, 3.63) is 52.0 Å². The molecule has 25 heavy (non-hydrogen) atoms. The Labute approximate surface area is 154 Å². The Morgan fingerprint density at radius 2 is 2.28 bits per heavy atom. The second-order valence-electron chi connectivity index (χ2n) is 6.14. The highest BCUT2D eigenvalue weighted by Gasteiger charge is 2.32. The summed E-state index contributed by atoms with van der Waals surface area (Å²) in [6.07, 6.45) is 1.80. The van der Waals surface area contributed by atoms with Crippen LogP contribution in [0.3, 0.4) is 0 Å². The zero-order valence-electron chi connectivity index (χ0n) is 13.9. The number of hydrogen-bond donors (Lipinski definition) is 2. The number of thioether (sulfide) groups is 1. The van der Waals surface area contributed by atoms with Gasteiger partial charge in [0.2, 0.25) is 5.91 Å². The van der Waals surface area contributed by atoms with Crippen LogP contribution in [-0.2, 0) is 16.8 Å². The maximum absolute atomic E-state index is 14.4. The van der Waals surface area contributed by atoms with Crippen LogP contribution in [0.1, 0.15) is 30.2 Å². The summed E-state index contributed by atoms with van der Waals surface area (Å²) >= 11 is 3.11. The molecule has 0 aliphatic carbocycles. The monoisotopic (exact) mass is 377 g/mol. The van der Waals surface area contributed by atoms with Crippen LogP contribution in [-0.4, -0.2) is 16.8 Å². The van der Waals surface area contributed by atoms with Crippen molar-refractivity contribution in [2.45, 2.75) is 31.7 Å². The standard InChI is InChI=1S/C18H20FN3OS2/c1-18(8-10-25-17(20)22-18)14-11-12(4-6-15(14)19)21-16(23)7-5-13-3-2-9-24-13/h2-4,6,9,11H,5,7-8,10H2,1H3,(H2,20,22)(H,21,23). The number of carbonyl (C=O) groups excluding carboxylic acids is 1. The number of amides is 1. The van der Waals surface area contributed by atoms with Crippen LogP contribution in [0.2, 0.25) is 0 Å². The Balaban J connectivity index is 1.73. The number of aliphatic imine (C=N–C) groups is 1. The smallest absolute Gasteiger partial charge is 0.224 e. The lowest BCUT2D eigenvalue weighted by Gasteiger charge is -2.30. The lowest BCUT2D eigenvalue weighted by atomic mass is 9.89. The summed E-state index contributed by atoms with van der Waals surface area (Å²) in [5.74, 6) is 0.378. The molecular formula is C18H20FN3OS2. The Morgan fingerprint density at radius 3 is 3.00 bits per heavy atom. The van der Waals surface area contributed by atoms with Crippen LogP contribution in [0, 0.1) is 5.82 Å². The highest BCUT2D eigenvalue weighted by Crippen LogP contribution is 2.37. The number of amidine groups is 1. The Morgan fingerprint density at radius 1 is 1.44 bits per heavy atom. The SMILES string of the molecule is CC1(c2cc(NC(=O)CCc3cccs3)ccc2F)CCSC(N)=N1. The minimum atomic E-state index is -0.697. The fourth-order valence-corrected chi connectivity index (χ4v) is 4.50. The number of nitrogens with two attached hydrogens (primary N) is 1. The van der Waals surface area contributed by atoms with E-state index in [1.165, 1.54) is 22.7 Å². The van der Waals surface area contributed by atoms with Crippen LogP contribution in [0.25, 0.3) is 0 Å². The molecule has 3 rings (SSSR count). The van der Waals surface area contributed by atoms with Crippen molar-refractivity contribution < 1.29 is 9.18 Å². The molecule has 1 amide bonds. The second kappa shape index (κ2) is 7.58. The normalized spacial score (nSPS) is 20.2. The Kier molecular flexibility index (Phi) is 5.44. The molecule has 1 unspecified atom stereocenters. The van der Waals surface area contributed by atoms with E-state index in [1.807, 2.05) is 24.4 Å². The first-order valence-corrected chi connectivity index (χ1v) is 9.93. The van der Waals surface area contributed by atoms with E-state index in [9.17, 15) is 9.18 Å². The molecule has 0 radical (unpaired) electrons. The van der Waals surface area contributed by atoms with Gasteiger partial charge in [-0.25, -0.2) is 4.39 Å². The number of carbonyl (C=O) groups is 1. The molecule has 1 aromatic heterocycles. The van der Waals surface area contributed by atoms with Crippen molar-refractivity contribution >= 4 is 39.9 Å². The molecule has 1 atom stereocenters. The van der Waals surface area contributed by atoms with Gasteiger partial charge >= 0.3 is 0 Å². The van der Waals surface area contributed by atoms with Crippen LogP contribution < -0.4 is 11.1 Å². The quantitative estimate of drug-likeness (QED) is 0.823. The van der Waals surface area contributed by atoms with Crippen LogP contribution >= 0.6 is 23.1 Å². The molecule has 1 aliphatic heterocycles. The topological polar surface area (TPSA) is 67.5 Å². The maximum Gasteiger partial charge on any atom is 0.224 e. The minimum Gasteiger partial charge on any atom is -0.379 e. The number of rotatable bonds is 5. The first-order valence-electron chi connectivity index (χ1n) is 8.07. The highest BCUT2D eigenvalue weighted by molar-refractivity contribution is 8.13. The number of nitrogens with one attached hydrogen (secondary N) is 1. The highest BCUT2D eigenvalue weighted by atomic mass is 32.2. The summed E-state index contributed by atoms with van der Waals surface area (Å²) in [5.41, 5.74) is 6.18. The third kappa shape index (κ3) is 4.41. The predicted octanol–water partition coefficient (Wildman–Crippen LogP) is 4.13. The number of halogens is 1. The molecule has 2 aromatic rings. The zero-order chi connectivity index (χ0) is 17.9. The zero-order valence-corrected chi connectivity index (χ0v) is 15.6. The van der Waals surface area contributed by atoms with E-state index < -0.39 is 5.54 Å². The minimum absolute atomic E-state index is 0.0849. The molecule has 0 fully saturated rings. The fraction of sp³-hybridized carbons (Fsp3) is 0.333. The lowest BCUT2D eigenvalue weighted by molar-refractivity contribution is -0.116. The molecule has 7 heteroatoms. The van der Waals surface area contributed by atoms with E-state index in [4.69, 9.17) is 5.73 Å². The fourth-order valence-electron chi connectivity index (χ4n) is 2.81. The van der Waals surface area contributed by atoms with Crippen molar-refractivity contribution in [2.24, 2.45) is 10.7 Å². The van der Waals surface area contributed by atoms with Crippen molar-refractivity contribution in [1.29, 1.82) is 0 Å². The van der Waals surface area contributed by atoms with E-state index in [0.29, 0.717) is 35.7 Å². The Hall–Kier alpha value is -1.86. The second-order valence-corrected chi connectivity index (χ2v) is 8.29. The van der Waals surface area contributed by atoms with Gasteiger partial charge in [0.1, 0.15) is 5.82 Å². The van der Waals surface area contributed by atoms with E-state index in [-0.39, 0.29) is 11.7 Å². The molecular weight excluding hydrogens is 357 g/mol. The van der Waals surface area contributed by atoms with Crippen LogP contribution in [0.15, 0.2) is 40.7 Å². The van der Waals surface area contributed by atoms with Crippen molar-refractivity contribution in [3.63, 3.8) is 0 Å². The summed E-state index contributed by atoms with van der Waals surface area (Å²) in [7, 11) is 0. The number of benzene rings is 1. The van der Waals surface area contributed by atoms with E-state index in [1.54, 1.807) is 23.5 Å².